The van der Waals surface area contributed by atoms with Crippen LogP contribution in [0.25, 0.3) is 16.7 Å². The molecule has 2 heterocycles. The van der Waals surface area contributed by atoms with E-state index in [1.165, 1.54) is 18.1 Å². The molecular weight excluding hydrogens is 422 g/mol. The van der Waals surface area contributed by atoms with E-state index in [-0.39, 0.29) is 11.7 Å². The normalized spacial score (nSPS) is 10.9. The molecule has 0 unspecified atom stereocenters. The van der Waals surface area contributed by atoms with Gasteiger partial charge < -0.3 is 10.1 Å². The molecule has 4 rings (SSSR count). The average molecular weight is 440 g/mol. The van der Waals surface area contributed by atoms with E-state index in [9.17, 15) is 4.79 Å². The molecule has 9 heteroatoms. The second kappa shape index (κ2) is 9.15. The Morgan fingerprint density at radius 1 is 1.17 bits per heavy atom. The number of hydrogen-bond acceptors (Lipinski definition) is 6. The largest absolute Gasteiger partial charge is 0.494 e. The minimum absolute atomic E-state index is 0.130. The summed E-state index contributed by atoms with van der Waals surface area (Å²) in [6.07, 6.45) is 3.15. The van der Waals surface area contributed by atoms with Crippen molar-refractivity contribution >= 4 is 46.0 Å². The number of nitrogens with zero attached hydrogens (tertiary/aromatic N) is 4. The quantitative estimate of drug-likeness (QED) is 0.335. The number of para-hydroxylation sites is 1. The number of halogens is 1. The van der Waals surface area contributed by atoms with Crippen molar-refractivity contribution in [3.8, 4) is 11.4 Å². The van der Waals surface area contributed by atoms with Crippen LogP contribution in [-0.2, 0) is 4.79 Å². The third kappa shape index (κ3) is 4.39. The predicted molar refractivity (Wildman–Crippen MR) is 119 cm³/mol. The summed E-state index contributed by atoms with van der Waals surface area (Å²) in [5.74, 6) is 0.842. The van der Waals surface area contributed by atoms with E-state index in [0.717, 1.165) is 16.8 Å². The second-order valence-corrected chi connectivity index (χ2v) is 7.59. The number of carbonyl (C=O) groups excluding carboxylic acids is 1. The summed E-state index contributed by atoms with van der Waals surface area (Å²) in [7, 11) is 0. The van der Waals surface area contributed by atoms with Crippen molar-refractivity contribution < 1.29 is 9.53 Å². The smallest absolute Gasteiger partial charge is 0.234 e. The molecule has 2 aromatic heterocycles. The molecule has 30 heavy (non-hydrogen) atoms. The third-order valence-corrected chi connectivity index (χ3v) is 5.52. The van der Waals surface area contributed by atoms with E-state index in [4.69, 9.17) is 16.3 Å². The molecule has 0 saturated carbocycles. The van der Waals surface area contributed by atoms with Crippen LogP contribution in [0.5, 0.6) is 5.75 Å². The van der Waals surface area contributed by atoms with E-state index >= 15 is 0 Å². The molecule has 152 valence electrons. The number of rotatable bonds is 7. The number of benzene rings is 2. The Morgan fingerprint density at radius 2 is 1.97 bits per heavy atom. The van der Waals surface area contributed by atoms with Gasteiger partial charge in [0.1, 0.15) is 17.1 Å². The number of anilines is 1. The Kier molecular flexibility index (Phi) is 6.15. The average Bonchev–Trinajstić information content (AvgIpc) is 3.19. The van der Waals surface area contributed by atoms with Crippen molar-refractivity contribution in [2.24, 2.45) is 0 Å². The summed E-state index contributed by atoms with van der Waals surface area (Å²) in [4.78, 5) is 21.0. The van der Waals surface area contributed by atoms with Gasteiger partial charge in [0.15, 0.2) is 5.65 Å². The van der Waals surface area contributed by atoms with Crippen LogP contribution in [0, 0.1) is 0 Å². The summed E-state index contributed by atoms with van der Waals surface area (Å²) in [6, 6.07) is 14.7. The summed E-state index contributed by atoms with van der Waals surface area (Å²) < 4.78 is 7.08. The lowest BCUT2D eigenvalue weighted by molar-refractivity contribution is -0.113. The van der Waals surface area contributed by atoms with Crippen molar-refractivity contribution in [1.82, 2.24) is 19.7 Å². The van der Waals surface area contributed by atoms with Gasteiger partial charge in [-0.25, -0.2) is 14.6 Å². The van der Waals surface area contributed by atoms with E-state index in [0.29, 0.717) is 28.0 Å². The molecule has 0 spiro atoms. The van der Waals surface area contributed by atoms with Crippen LogP contribution < -0.4 is 10.1 Å². The number of carbonyl (C=O) groups is 1. The van der Waals surface area contributed by atoms with Gasteiger partial charge in [0.25, 0.3) is 0 Å². The molecule has 0 atom stereocenters. The van der Waals surface area contributed by atoms with Crippen molar-refractivity contribution in [3.63, 3.8) is 0 Å². The van der Waals surface area contributed by atoms with Gasteiger partial charge in [-0.2, -0.15) is 5.10 Å². The zero-order valence-corrected chi connectivity index (χ0v) is 17.7. The van der Waals surface area contributed by atoms with Crippen LogP contribution in [0.3, 0.4) is 0 Å². The third-order valence-electron chi connectivity index (χ3n) is 4.20. The molecule has 1 amide bonds. The predicted octanol–water partition coefficient (Wildman–Crippen LogP) is 4.60. The minimum atomic E-state index is -0.130. The van der Waals surface area contributed by atoms with Gasteiger partial charge >= 0.3 is 0 Å². The molecule has 0 aliphatic carbocycles. The van der Waals surface area contributed by atoms with Crippen LogP contribution in [-0.4, -0.2) is 38.0 Å². The Morgan fingerprint density at radius 3 is 2.73 bits per heavy atom. The van der Waals surface area contributed by atoms with Crippen molar-refractivity contribution in [2.75, 3.05) is 17.7 Å². The van der Waals surface area contributed by atoms with Crippen LogP contribution in [0.4, 0.5) is 5.69 Å². The van der Waals surface area contributed by atoms with Crippen LogP contribution >= 0.6 is 23.4 Å². The fourth-order valence-electron chi connectivity index (χ4n) is 2.87. The molecule has 0 radical (unpaired) electrons. The lowest BCUT2D eigenvalue weighted by Gasteiger charge is -2.07. The van der Waals surface area contributed by atoms with Crippen molar-refractivity contribution in [2.45, 2.75) is 11.9 Å². The maximum Gasteiger partial charge on any atom is 0.234 e. The molecule has 7 nitrogen and oxygen atoms in total. The first-order chi connectivity index (χ1) is 14.7. The molecule has 1 N–H and O–H groups in total. The highest BCUT2D eigenvalue weighted by atomic mass is 35.5. The zero-order chi connectivity index (χ0) is 20.9. The second-order valence-electron chi connectivity index (χ2n) is 6.22. The van der Waals surface area contributed by atoms with E-state index in [1.54, 1.807) is 16.9 Å². The molecule has 4 aromatic rings. The van der Waals surface area contributed by atoms with E-state index in [2.05, 4.69) is 20.4 Å². The number of nitrogens with one attached hydrogen (secondary N) is 1. The van der Waals surface area contributed by atoms with Crippen LogP contribution in [0.1, 0.15) is 6.92 Å². The molecule has 0 aliphatic rings. The standard InChI is InChI=1S/C21H18ClN5O2S/c1-2-29-15-9-7-14(8-10-15)26-19(28)12-30-21-16-11-25-27(20(16)23-13-24-21)18-6-4-3-5-17(18)22/h3-11,13H,2,12H2,1H3,(H,26,28). The number of fused-ring (bicyclic) bond motifs is 1. The monoisotopic (exact) mass is 439 g/mol. The summed E-state index contributed by atoms with van der Waals surface area (Å²) in [5, 5.41) is 9.30. The maximum absolute atomic E-state index is 12.4. The fraction of sp³-hybridized carbons (Fsp3) is 0.143. The van der Waals surface area contributed by atoms with Gasteiger partial charge in [-0.15, -0.1) is 0 Å². The first kappa shape index (κ1) is 20.2. The SMILES string of the molecule is CCOc1ccc(NC(=O)CSc2ncnc3c2cnn3-c2ccccc2Cl)cc1. The highest BCUT2D eigenvalue weighted by Gasteiger charge is 2.14. The maximum atomic E-state index is 12.4. The van der Waals surface area contributed by atoms with Gasteiger partial charge in [0.05, 0.1) is 34.7 Å². The summed E-state index contributed by atoms with van der Waals surface area (Å²) in [5.41, 5.74) is 2.08. The summed E-state index contributed by atoms with van der Waals surface area (Å²) in [6.45, 7) is 2.53. The Bertz CT molecular complexity index is 1180. The highest BCUT2D eigenvalue weighted by Crippen LogP contribution is 2.28. The zero-order valence-electron chi connectivity index (χ0n) is 16.1. The Hall–Kier alpha value is -3.10. The summed E-state index contributed by atoms with van der Waals surface area (Å²) >= 11 is 7.62. The van der Waals surface area contributed by atoms with Crippen LogP contribution in [0.15, 0.2) is 66.1 Å². The fourth-order valence-corrected chi connectivity index (χ4v) is 3.85. The number of aromatic nitrogens is 4. The minimum Gasteiger partial charge on any atom is -0.494 e. The highest BCUT2D eigenvalue weighted by molar-refractivity contribution is 8.00. The molecule has 2 aromatic carbocycles. The van der Waals surface area contributed by atoms with E-state index < -0.39 is 0 Å². The van der Waals surface area contributed by atoms with E-state index in [1.807, 2.05) is 49.4 Å². The first-order valence-electron chi connectivity index (χ1n) is 9.25. The van der Waals surface area contributed by atoms with Gasteiger partial charge in [0, 0.05) is 5.69 Å². The molecular formula is C21H18ClN5O2S. The van der Waals surface area contributed by atoms with Crippen LogP contribution in [0.2, 0.25) is 5.02 Å². The Labute approximate surface area is 182 Å². The van der Waals surface area contributed by atoms with Gasteiger partial charge in [-0.1, -0.05) is 35.5 Å². The van der Waals surface area contributed by atoms with Crippen molar-refractivity contribution in [3.05, 3.63) is 66.1 Å². The number of amides is 1. The number of hydrogen-bond donors (Lipinski definition) is 1. The molecule has 0 fully saturated rings. The molecule has 0 bridgehead atoms. The first-order valence-corrected chi connectivity index (χ1v) is 10.6. The van der Waals surface area contributed by atoms with Gasteiger partial charge in [-0.3, -0.25) is 4.79 Å². The van der Waals surface area contributed by atoms with Gasteiger partial charge in [-0.05, 0) is 43.3 Å². The number of ether oxygens (including phenoxy) is 1. The molecule has 0 aliphatic heterocycles. The van der Waals surface area contributed by atoms with Gasteiger partial charge in [0.2, 0.25) is 5.91 Å². The van der Waals surface area contributed by atoms with Crippen molar-refractivity contribution in [1.29, 1.82) is 0 Å². The lowest BCUT2D eigenvalue weighted by atomic mass is 10.3. The number of thioether (sulfide) groups is 1. The topological polar surface area (TPSA) is 81.9 Å². The molecule has 0 saturated heterocycles. The Balaban J connectivity index is 1.46. The lowest BCUT2D eigenvalue weighted by Crippen LogP contribution is -2.14.